The summed E-state index contributed by atoms with van der Waals surface area (Å²) in [5.74, 6) is 0.0837. The van der Waals surface area contributed by atoms with Crippen molar-refractivity contribution < 1.29 is 32.2 Å². The molecule has 2 unspecified atom stereocenters. The van der Waals surface area contributed by atoms with Crippen molar-refractivity contribution in [2.75, 3.05) is 53.1 Å². The summed E-state index contributed by atoms with van der Waals surface area (Å²) in [4.78, 5) is 16.4. The van der Waals surface area contributed by atoms with Gasteiger partial charge in [-0.1, -0.05) is 12.1 Å². The summed E-state index contributed by atoms with van der Waals surface area (Å²) in [5, 5.41) is 2.99. The summed E-state index contributed by atoms with van der Waals surface area (Å²) in [7, 11) is 1.65. The van der Waals surface area contributed by atoms with Crippen LogP contribution in [0.2, 0.25) is 0 Å². The van der Waals surface area contributed by atoms with E-state index in [0.717, 1.165) is 26.1 Å². The van der Waals surface area contributed by atoms with Crippen LogP contribution in [0.4, 0.5) is 18.0 Å². The quantitative estimate of drug-likeness (QED) is 0.719. The van der Waals surface area contributed by atoms with E-state index in [0.29, 0.717) is 37.8 Å². The number of nitrogens with one attached hydrogen (secondary N) is 1. The molecule has 0 spiro atoms. The lowest BCUT2D eigenvalue weighted by Gasteiger charge is -2.37. The number of alkyl halides is 3. The number of urea groups is 1. The highest BCUT2D eigenvalue weighted by atomic mass is 19.4. The van der Waals surface area contributed by atoms with E-state index < -0.39 is 6.36 Å². The minimum atomic E-state index is -4.72. The molecule has 2 aliphatic heterocycles. The third-order valence-electron chi connectivity index (χ3n) is 5.41. The Hall–Kier alpha value is -2.04. The molecule has 7 nitrogen and oxygen atoms in total. The molecule has 2 aliphatic rings. The lowest BCUT2D eigenvalue weighted by atomic mass is 9.97. The van der Waals surface area contributed by atoms with Gasteiger partial charge in [-0.25, -0.2) is 4.79 Å². The zero-order valence-electron chi connectivity index (χ0n) is 17.0. The zero-order chi connectivity index (χ0) is 21.6. The highest BCUT2D eigenvalue weighted by molar-refractivity contribution is 5.73. The van der Waals surface area contributed by atoms with Gasteiger partial charge in [-0.05, 0) is 24.1 Å². The number of hydrogen-bond acceptors (Lipinski definition) is 5. The second-order valence-corrected chi connectivity index (χ2v) is 7.57. The Labute approximate surface area is 174 Å². The van der Waals surface area contributed by atoms with Crippen LogP contribution < -0.4 is 10.1 Å². The van der Waals surface area contributed by atoms with Crippen molar-refractivity contribution in [1.82, 2.24) is 15.1 Å². The van der Waals surface area contributed by atoms with Crippen LogP contribution in [0, 0.1) is 5.92 Å². The number of hydrogen-bond donors (Lipinski definition) is 1. The van der Waals surface area contributed by atoms with Crippen molar-refractivity contribution in [3.8, 4) is 5.75 Å². The summed E-state index contributed by atoms with van der Waals surface area (Å²) < 4.78 is 51.6. The molecule has 1 N–H and O–H groups in total. The minimum Gasteiger partial charge on any atom is -0.406 e. The maximum atomic E-state index is 12.6. The molecule has 2 atom stereocenters. The van der Waals surface area contributed by atoms with Gasteiger partial charge in [0.15, 0.2) is 0 Å². The first-order valence-electron chi connectivity index (χ1n) is 10.0. The van der Waals surface area contributed by atoms with E-state index in [1.54, 1.807) is 7.05 Å². The first kappa shape index (κ1) is 22.6. The van der Waals surface area contributed by atoms with Crippen LogP contribution in [0.1, 0.15) is 12.0 Å². The number of rotatable bonds is 7. The first-order valence-corrected chi connectivity index (χ1v) is 10.0. The Bertz CT molecular complexity index is 675. The highest BCUT2D eigenvalue weighted by Gasteiger charge is 2.32. The lowest BCUT2D eigenvalue weighted by Crippen LogP contribution is -2.53. The second-order valence-electron chi connectivity index (χ2n) is 7.57. The maximum absolute atomic E-state index is 12.6. The molecule has 2 saturated heterocycles. The molecule has 0 bridgehead atoms. The van der Waals surface area contributed by atoms with Crippen LogP contribution in [0.3, 0.4) is 0 Å². The monoisotopic (exact) mass is 431 g/mol. The van der Waals surface area contributed by atoms with Gasteiger partial charge in [0.2, 0.25) is 0 Å². The number of amides is 2. The van der Waals surface area contributed by atoms with Gasteiger partial charge in [-0.3, -0.25) is 4.90 Å². The van der Waals surface area contributed by atoms with Crippen LogP contribution in [0.25, 0.3) is 0 Å². The largest absolute Gasteiger partial charge is 0.573 e. The molecular formula is C20H28F3N3O4. The molecular weight excluding hydrogens is 403 g/mol. The third-order valence-corrected chi connectivity index (χ3v) is 5.41. The molecule has 2 heterocycles. The fourth-order valence-electron chi connectivity index (χ4n) is 3.83. The fourth-order valence-corrected chi connectivity index (χ4v) is 3.83. The Morgan fingerprint density at radius 3 is 2.53 bits per heavy atom. The summed E-state index contributed by atoms with van der Waals surface area (Å²) in [6.07, 6.45) is -3.75. The normalized spacial score (nSPS) is 21.3. The molecule has 2 amide bonds. The smallest absolute Gasteiger partial charge is 0.406 e. The van der Waals surface area contributed by atoms with E-state index in [1.165, 1.54) is 29.2 Å². The third kappa shape index (κ3) is 6.75. The number of halogens is 3. The average Bonchev–Trinajstić information content (AvgIpc) is 3.23. The fraction of sp³-hybridized carbons (Fsp3) is 0.650. The average molecular weight is 431 g/mol. The van der Waals surface area contributed by atoms with Crippen LogP contribution in [0.5, 0.6) is 5.75 Å². The molecule has 168 valence electrons. The van der Waals surface area contributed by atoms with Gasteiger partial charge in [-0.2, -0.15) is 0 Å². The van der Waals surface area contributed by atoms with Crippen molar-refractivity contribution in [2.24, 2.45) is 5.92 Å². The molecule has 3 rings (SSSR count). The molecule has 0 saturated carbocycles. The topological polar surface area (TPSA) is 63.3 Å². The van der Waals surface area contributed by atoms with Gasteiger partial charge in [-0.15, -0.1) is 13.2 Å². The van der Waals surface area contributed by atoms with E-state index in [2.05, 4.69) is 15.0 Å². The number of carbonyl (C=O) groups is 1. The van der Waals surface area contributed by atoms with Gasteiger partial charge in [0.25, 0.3) is 0 Å². The molecule has 1 aromatic carbocycles. The van der Waals surface area contributed by atoms with Gasteiger partial charge in [0.1, 0.15) is 5.75 Å². The van der Waals surface area contributed by atoms with Crippen LogP contribution >= 0.6 is 0 Å². The highest BCUT2D eigenvalue weighted by Crippen LogP contribution is 2.23. The predicted molar refractivity (Wildman–Crippen MR) is 103 cm³/mol. The molecule has 0 aromatic heterocycles. The SMILES string of the molecule is CN(Cc1ccc(OC(F)(F)F)cc1)C(=O)NCC(C1CCOC1)N1CCOCC1. The minimum absolute atomic E-state index is 0.188. The molecule has 0 radical (unpaired) electrons. The van der Waals surface area contributed by atoms with Gasteiger partial charge < -0.3 is 24.4 Å². The molecule has 0 aliphatic carbocycles. The van der Waals surface area contributed by atoms with E-state index in [-0.39, 0.29) is 24.4 Å². The van der Waals surface area contributed by atoms with Crippen molar-refractivity contribution in [3.05, 3.63) is 29.8 Å². The maximum Gasteiger partial charge on any atom is 0.573 e. The summed E-state index contributed by atoms with van der Waals surface area (Å²) >= 11 is 0. The van der Waals surface area contributed by atoms with Crippen LogP contribution in [-0.4, -0.2) is 81.3 Å². The number of morpholine rings is 1. The second kappa shape index (κ2) is 10.3. The summed E-state index contributed by atoms with van der Waals surface area (Å²) in [5.41, 5.74) is 0.705. The van der Waals surface area contributed by atoms with E-state index in [9.17, 15) is 18.0 Å². The van der Waals surface area contributed by atoms with Gasteiger partial charge in [0, 0.05) is 51.8 Å². The predicted octanol–water partition coefficient (Wildman–Crippen LogP) is 2.46. The number of ether oxygens (including phenoxy) is 3. The number of nitrogens with zero attached hydrogens (tertiary/aromatic N) is 2. The van der Waals surface area contributed by atoms with Gasteiger partial charge >= 0.3 is 12.4 Å². The first-order chi connectivity index (χ1) is 14.3. The van der Waals surface area contributed by atoms with Gasteiger partial charge in [0.05, 0.1) is 19.8 Å². The van der Waals surface area contributed by atoms with E-state index in [1.807, 2.05) is 0 Å². The summed E-state index contributed by atoms with van der Waals surface area (Å²) in [6.45, 7) is 5.26. The van der Waals surface area contributed by atoms with Crippen molar-refractivity contribution >= 4 is 6.03 Å². The zero-order valence-corrected chi connectivity index (χ0v) is 17.0. The van der Waals surface area contributed by atoms with E-state index in [4.69, 9.17) is 9.47 Å². The van der Waals surface area contributed by atoms with Crippen molar-refractivity contribution in [3.63, 3.8) is 0 Å². The van der Waals surface area contributed by atoms with Crippen molar-refractivity contribution in [2.45, 2.75) is 25.4 Å². The lowest BCUT2D eigenvalue weighted by molar-refractivity contribution is -0.274. The Kier molecular flexibility index (Phi) is 7.79. The molecule has 2 fully saturated rings. The summed E-state index contributed by atoms with van der Waals surface area (Å²) in [6, 6.07) is 5.45. The van der Waals surface area contributed by atoms with Crippen molar-refractivity contribution in [1.29, 1.82) is 0 Å². The molecule has 1 aromatic rings. The standard InChI is InChI=1S/C20H28F3N3O4/c1-25(13-15-2-4-17(5-3-15)30-20(21,22)23)19(27)24-12-18(16-6-9-29-14-16)26-7-10-28-11-8-26/h2-5,16,18H,6-14H2,1H3,(H,24,27). The number of carbonyl (C=O) groups excluding carboxylic acids is 1. The van der Waals surface area contributed by atoms with Crippen LogP contribution in [-0.2, 0) is 16.0 Å². The van der Waals surface area contributed by atoms with Crippen LogP contribution in [0.15, 0.2) is 24.3 Å². The molecule has 30 heavy (non-hydrogen) atoms. The Morgan fingerprint density at radius 2 is 1.93 bits per heavy atom. The Balaban J connectivity index is 1.51. The number of benzene rings is 1. The Morgan fingerprint density at radius 1 is 1.23 bits per heavy atom. The molecule has 10 heteroatoms. The van der Waals surface area contributed by atoms with E-state index >= 15 is 0 Å².